The number of halogens is 1. The Morgan fingerprint density at radius 2 is 2.12 bits per heavy atom. The fraction of sp³-hybridized carbons (Fsp3) is 0.308. The van der Waals surface area contributed by atoms with E-state index in [9.17, 15) is 0 Å². The molecule has 0 aliphatic rings. The normalized spacial score (nSPS) is 10.5. The Morgan fingerprint density at radius 3 is 2.82 bits per heavy atom. The van der Waals surface area contributed by atoms with Crippen molar-refractivity contribution in [3.05, 3.63) is 46.7 Å². The van der Waals surface area contributed by atoms with Crippen LogP contribution < -0.4 is 5.32 Å². The number of benzene rings is 1. The fourth-order valence-electron chi connectivity index (χ4n) is 1.82. The summed E-state index contributed by atoms with van der Waals surface area (Å²) >= 11 is 6.09. The number of rotatable bonds is 4. The van der Waals surface area contributed by atoms with Crippen molar-refractivity contribution in [1.82, 2.24) is 9.78 Å². The Morgan fingerprint density at radius 1 is 1.35 bits per heavy atom. The topological polar surface area (TPSA) is 29.9 Å². The molecule has 0 bridgehead atoms. The summed E-state index contributed by atoms with van der Waals surface area (Å²) in [5.41, 5.74) is 3.31. The van der Waals surface area contributed by atoms with E-state index >= 15 is 0 Å². The maximum atomic E-state index is 6.09. The first-order valence-electron chi connectivity index (χ1n) is 5.70. The van der Waals surface area contributed by atoms with E-state index in [0.29, 0.717) is 0 Å². The van der Waals surface area contributed by atoms with E-state index in [2.05, 4.69) is 17.3 Å². The molecule has 1 aromatic carbocycles. The first kappa shape index (κ1) is 12.0. The van der Waals surface area contributed by atoms with Gasteiger partial charge >= 0.3 is 0 Å². The molecule has 0 saturated heterocycles. The molecule has 2 aromatic rings. The maximum Gasteiger partial charge on any atom is 0.0671 e. The molecule has 0 spiro atoms. The number of hydrogen-bond acceptors (Lipinski definition) is 2. The van der Waals surface area contributed by atoms with E-state index in [-0.39, 0.29) is 0 Å². The van der Waals surface area contributed by atoms with Crippen LogP contribution in [-0.4, -0.2) is 9.78 Å². The summed E-state index contributed by atoms with van der Waals surface area (Å²) in [5, 5.41) is 8.48. The molecule has 4 heteroatoms. The molecule has 0 aliphatic carbocycles. The summed E-state index contributed by atoms with van der Waals surface area (Å²) in [6.07, 6.45) is 2.99. The molecular weight excluding hydrogens is 234 g/mol. The highest BCUT2D eigenvalue weighted by atomic mass is 35.5. The molecule has 0 aliphatic heterocycles. The van der Waals surface area contributed by atoms with Crippen LogP contribution in [0.2, 0.25) is 5.02 Å². The average molecular weight is 250 g/mol. The van der Waals surface area contributed by atoms with Crippen molar-refractivity contribution >= 4 is 17.3 Å². The summed E-state index contributed by atoms with van der Waals surface area (Å²) in [4.78, 5) is 0. The molecule has 3 nitrogen and oxygen atoms in total. The van der Waals surface area contributed by atoms with Crippen molar-refractivity contribution in [3.8, 4) is 0 Å². The first-order valence-corrected chi connectivity index (χ1v) is 6.08. The quantitative estimate of drug-likeness (QED) is 0.902. The van der Waals surface area contributed by atoms with Gasteiger partial charge in [-0.05, 0) is 18.6 Å². The Hall–Kier alpha value is -1.48. The van der Waals surface area contributed by atoms with Crippen LogP contribution in [0.3, 0.4) is 0 Å². The Bertz CT molecular complexity index is 505. The van der Waals surface area contributed by atoms with Crippen LogP contribution in [0.5, 0.6) is 0 Å². The lowest BCUT2D eigenvalue weighted by Crippen LogP contribution is -2.01. The third kappa shape index (κ3) is 2.80. The van der Waals surface area contributed by atoms with Gasteiger partial charge in [-0.3, -0.25) is 4.68 Å². The van der Waals surface area contributed by atoms with Gasteiger partial charge in [-0.25, -0.2) is 0 Å². The van der Waals surface area contributed by atoms with Crippen LogP contribution in [-0.2, 0) is 20.0 Å². The van der Waals surface area contributed by atoms with Crippen molar-refractivity contribution < 1.29 is 0 Å². The van der Waals surface area contributed by atoms with E-state index < -0.39 is 0 Å². The van der Waals surface area contributed by atoms with E-state index in [4.69, 9.17) is 11.6 Å². The molecule has 1 N–H and O–H groups in total. The van der Waals surface area contributed by atoms with Crippen molar-refractivity contribution in [2.24, 2.45) is 7.05 Å². The lowest BCUT2D eigenvalue weighted by atomic mass is 10.2. The predicted molar refractivity (Wildman–Crippen MR) is 71.4 cm³/mol. The smallest absolute Gasteiger partial charge is 0.0671 e. The van der Waals surface area contributed by atoms with Gasteiger partial charge in [0.1, 0.15) is 0 Å². The van der Waals surface area contributed by atoms with Gasteiger partial charge in [0.05, 0.1) is 16.4 Å². The van der Waals surface area contributed by atoms with Gasteiger partial charge in [0.2, 0.25) is 0 Å². The molecule has 2 rings (SSSR count). The minimum absolute atomic E-state index is 0.745. The lowest BCUT2D eigenvalue weighted by molar-refractivity contribution is 0.746. The van der Waals surface area contributed by atoms with Gasteiger partial charge in [0, 0.05) is 25.4 Å². The summed E-state index contributed by atoms with van der Waals surface area (Å²) in [6.45, 7) is 2.86. The number of nitrogens with zero attached hydrogens (tertiary/aromatic N) is 2. The van der Waals surface area contributed by atoms with E-state index in [0.717, 1.165) is 29.4 Å². The second-order valence-electron chi connectivity index (χ2n) is 3.96. The Balaban J connectivity index is 2.09. The molecule has 0 unspecified atom stereocenters. The number of hydrogen-bond donors (Lipinski definition) is 1. The number of anilines is 1. The van der Waals surface area contributed by atoms with Gasteiger partial charge in [-0.15, -0.1) is 0 Å². The highest BCUT2D eigenvalue weighted by molar-refractivity contribution is 6.33. The molecule has 0 radical (unpaired) electrons. The summed E-state index contributed by atoms with van der Waals surface area (Å²) in [6, 6.07) is 7.76. The van der Waals surface area contributed by atoms with Crippen LogP contribution in [0.1, 0.15) is 18.2 Å². The zero-order valence-corrected chi connectivity index (χ0v) is 10.8. The number of aromatic nitrogens is 2. The monoisotopic (exact) mass is 249 g/mol. The highest BCUT2D eigenvalue weighted by Crippen LogP contribution is 2.21. The molecule has 0 fully saturated rings. The van der Waals surface area contributed by atoms with Gasteiger partial charge in [0.25, 0.3) is 0 Å². The number of nitrogens with one attached hydrogen (secondary N) is 1. The largest absolute Gasteiger partial charge is 0.380 e. The van der Waals surface area contributed by atoms with Crippen LogP contribution in [0.25, 0.3) is 0 Å². The molecule has 0 atom stereocenters. The second-order valence-corrected chi connectivity index (χ2v) is 4.37. The van der Waals surface area contributed by atoms with Crippen molar-refractivity contribution in [2.45, 2.75) is 19.9 Å². The van der Waals surface area contributed by atoms with Crippen LogP contribution in [0.4, 0.5) is 5.69 Å². The van der Waals surface area contributed by atoms with Gasteiger partial charge < -0.3 is 5.32 Å². The average Bonchev–Trinajstić information content (AvgIpc) is 2.69. The maximum absolute atomic E-state index is 6.09. The zero-order valence-electron chi connectivity index (χ0n) is 10.1. The SMILES string of the molecule is CCc1nn(C)cc1CNc1ccccc1Cl. The van der Waals surface area contributed by atoms with Crippen molar-refractivity contribution in [3.63, 3.8) is 0 Å². The molecular formula is C13H16ClN3. The standard InChI is InChI=1S/C13H16ClN3/c1-3-12-10(9-17(2)16-12)8-15-13-7-5-4-6-11(13)14/h4-7,9,15H,3,8H2,1-2H3. The van der Waals surface area contributed by atoms with E-state index in [1.165, 1.54) is 5.56 Å². The van der Waals surface area contributed by atoms with Gasteiger partial charge in [-0.1, -0.05) is 30.7 Å². The summed E-state index contributed by atoms with van der Waals surface area (Å²) in [7, 11) is 1.94. The third-order valence-corrected chi connectivity index (χ3v) is 3.00. The van der Waals surface area contributed by atoms with Gasteiger partial charge in [0.15, 0.2) is 0 Å². The number of para-hydroxylation sites is 1. The van der Waals surface area contributed by atoms with Gasteiger partial charge in [-0.2, -0.15) is 5.10 Å². The molecule has 1 heterocycles. The highest BCUT2D eigenvalue weighted by Gasteiger charge is 2.06. The van der Waals surface area contributed by atoms with E-state index in [1.807, 2.05) is 42.2 Å². The van der Waals surface area contributed by atoms with Crippen molar-refractivity contribution in [1.29, 1.82) is 0 Å². The Labute approximate surface area is 106 Å². The zero-order chi connectivity index (χ0) is 12.3. The van der Waals surface area contributed by atoms with Crippen LogP contribution in [0.15, 0.2) is 30.5 Å². The predicted octanol–water partition coefficient (Wildman–Crippen LogP) is 3.25. The van der Waals surface area contributed by atoms with Crippen LogP contribution >= 0.6 is 11.6 Å². The molecule has 0 amide bonds. The van der Waals surface area contributed by atoms with Crippen LogP contribution in [0, 0.1) is 0 Å². The fourth-order valence-corrected chi connectivity index (χ4v) is 2.03. The minimum atomic E-state index is 0.745. The molecule has 0 saturated carbocycles. The minimum Gasteiger partial charge on any atom is -0.380 e. The summed E-state index contributed by atoms with van der Waals surface area (Å²) < 4.78 is 1.85. The first-order chi connectivity index (χ1) is 8.20. The molecule has 1 aromatic heterocycles. The van der Waals surface area contributed by atoms with E-state index in [1.54, 1.807) is 0 Å². The summed E-state index contributed by atoms with van der Waals surface area (Å²) in [5.74, 6) is 0. The number of aryl methyl sites for hydroxylation is 2. The van der Waals surface area contributed by atoms with Crippen molar-refractivity contribution in [2.75, 3.05) is 5.32 Å². The third-order valence-electron chi connectivity index (χ3n) is 2.67. The Kier molecular flexibility index (Phi) is 3.69. The second kappa shape index (κ2) is 5.23. The molecule has 90 valence electrons. The molecule has 17 heavy (non-hydrogen) atoms. The lowest BCUT2D eigenvalue weighted by Gasteiger charge is -2.07.